The van der Waals surface area contributed by atoms with Gasteiger partial charge in [0.25, 0.3) is 0 Å². The fourth-order valence-electron chi connectivity index (χ4n) is 3.15. The molecule has 1 aliphatic heterocycles. The molecule has 3 aromatic rings. The number of nitrogens with one attached hydrogen (secondary N) is 1. The fraction of sp³-hybridized carbons (Fsp3) is 0.158. The van der Waals surface area contributed by atoms with Crippen LogP contribution in [0.2, 0.25) is 5.02 Å². The monoisotopic (exact) mass is 353 g/mol. The predicted octanol–water partition coefficient (Wildman–Crippen LogP) is 4.01. The molecule has 0 spiro atoms. The van der Waals surface area contributed by atoms with Crippen LogP contribution in [0.3, 0.4) is 0 Å². The summed E-state index contributed by atoms with van der Waals surface area (Å²) in [6, 6.07) is 15.1. The largest absolute Gasteiger partial charge is 0.497 e. The van der Waals surface area contributed by atoms with Gasteiger partial charge in [-0.3, -0.25) is 4.79 Å². The molecule has 25 heavy (non-hydrogen) atoms. The van der Waals surface area contributed by atoms with Crippen molar-refractivity contribution in [3.05, 3.63) is 70.9 Å². The second kappa shape index (κ2) is 6.26. The SMILES string of the molecule is COc1cccc(C2CC(=O)Nc3c2cnn3-c2ccc(Cl)cc2)c1. The molecule has 0 aliphatic carbocycles. The Morgan fingerprint density at radius 1 is 1.24 bits per heavy atom. The number of methoxy groups -OCH3 is 1. The van der Waals surface area contributed by atoms with Crippen LogP contribution in [0.5, 0.6) is 5.75 Å². The number of nitrogens with zero attached hydrogens (tertiary/aromatic N) is 2. The van der Waals surface area contributed by atoms with Gasteiger partial charge in [-0.25, -0.2) is 4.68 Å². The minimum atomic E-state index is -0.0556. The first-order valence-electron chi connectivity index (χ1n) is 7.93. The topological polar surface area (TPSA) is 56.1 Å². The lowest BCUT2D eigenvalue weighted by Gasteiger charge is -2.24. The molecule has 0 saturated carbocycles. The average Bonchev–Trinajstić information content (AvgIpc) is 3.05. The number of amides is 1. The molecule has 0 saturated heterocycles. The van der Waals surface area contributed by atoms with Crippen LogP contribution in [0.4, 0.5) is 5.82 Å². The Kier molecular flexibility index (Phi) is 3.93. The number of ether oxygens (including phenoxy) is 1. The maximum atomic E-state index is 12.3. The number of benzene rings is 2. The van der Waals surface area contributed by atoms with Crippen molar-refractivity contribution in [3.8, 4) is 11.4 Å². The van der Waals surface area contributed by atoms with E-state index in [-0.39, 0.29) is 11.8 Å². The van der Waals surface area contributed by atoms with Gasteiger partial charge in [-0.15, -0.1) is 0 Å². The van der Waals surface area contributed by atoms with E-state index < -0.39 is 0 Å². The van der Waals surface area contributed by atoms with Crippen molar-refractivity contribution in [2.24, 2.45) is 0 Å². The van der Waals surface area contributed by atoms with Crippen LogP contribution in [-0.4, -0.2) is 22.8 Å². The number of halogens is 1. The number of hydrogen-bond acceptors (Lipinski definition) is 3. The lowest BCUT2D eigenvalue weighted by Crippen LogP contribution is -2.24. The first-order chi connectivity index (χ1) is 12.2. The summed E-state index contributed by atoms with van der Waals surface area (Å²) < 4.78 is 7.04. The number of rotatable bonds is 3. The lowest BCUT2D eigenvalue weighted by atomic mass is 9.87. The highest BCUT2D eigenvalue weighted by Gasteiger charge is 2.30. The zero-order valence-corrected chi connectivity index (χ0v) is 14.3. The van der Waals surface area contributed by atoms with Crippen LogP contribution < -0.4 is 10.1 Å². The number of anilines is 1. The molecule has 2 aromatic carbocycles. The molecule has 1 aliphatic rings. The lowest BCUT2D eigenvalue weighted by molar-refractivity contribution is -0.116. The van der Waals surface area contributed by atoms with Crippen molar-refractivity contribution in [2.45, 2.75) is 12.3 Å². The van der Waals surface area contributed by atoms with E-state index in [4.69, 9.17) is 16.3 Å². The standard InChI is InChI=1S/C19H16ClN3O2/c1-25-15-4-2-3-12(9-15)16-10-18(24)22-19-17(16)11-21-23(19)14-7-5-13(20)6-8-14/h2-9,11,16H,10H2,1H3,(H,22,24). The number of hydrogen-bond donors (Lipinski definition) is 1. The molecule has 1 atom stereocenters. The highest BCUT2D eigenvalue weighted by atomic mass is 35.5. The van der Waals surface area contributed by atoms with E-state index in [0.29, 0.717) is 17.3 Å². The first kappa shape index (κ1) is 15.7. The Morgan fingerprint density at radius 2 is 2.04 bits per heavy atom. The third-order valence-corrected chi connectivity index (χ3v) is 4.64. The molecule has 1 aromatic heterocycles. The van der Waals surface area contributed by atoms with E-state index in [1.165, 1.54) is 0 Å². The van der Waals surface area contributed by atoms with E-state index in [9.17, 15) is 4.79 Å². The maximum Gasteiger partial charge on any atom is 0.226 e. The van der Waals surface area contributed by atoms with E-state index in [2.05, 4.69) is 10.4 Å². The molecule has 126 valence electrons. The van der Waals surface area contributed by atoms with Gasteiger partial charge in [-0.05, 0) is 42.0 Å². The minimum absolute atomic E-state index is 0.0315. The van der Waals surface area contributed by atoms with Crippen molar-refractivity contribution in [3.63, 3.8) is 0 Å². The Labute approximate surface area is 150 Å². The molecular formula is C19H16ClN3O2. The smallest absolute Gasteiger partial charge is 0.226 e. The Hall–Kier alpha value is -2.79. The third kappa shape index (κ3) is 2.87. The van der Waals surface area contributed by atoms with Gasteiger partial charge in [-0.2, -0.15) is 5.10 Å². The van der Waals surface area contributed by atoms with E-state index in [1.807, 2.05) is 42.6 Å². The zero-order valence-electron chi connectivity index (χ0n) is 13.6. The van der Waals surface area contributed by atoms with Crippen molar-refractivity contribution in [1.29, 1.82) is 0 Å². The van der Waals surface area contributed by atoms with Crippen LogP contribution in [-0.2, 0) is 4.79 Å². The fourth-order valence-corrected chi connectivity index (χ4v) is 3.28. The van der Waals surface area contributed by atoms with Gasteiger partial charge in [0.1, 0.15) is 11.6 Å². The molecule has 1 amide bonds. The van der Waals surface area contributed by atoms with E-state index in [0.717, 1.165) is 22.6 Å². The molecule has 4 rings (SSSR count). The summed E-state index contributed by atoms with van der Waals surface area (Å²) in [6.07, 6.45) is 2.19. The van der Waals surface area contributed by atoms with Crippen molar-refractivity contribution < 1.29 is 9.53 Å². The number of carbonyl (C=O) groups is 1. The Bertz CT molecular complexity index is 934. The highest BCUT2D eigenvalue weighted by molar-refractivity contribution is 6.30. The Morgan fingerprint density at radius 3 is 2.80 bits per heavy atom. The van der Waals surface area contributed by atoms with E-state index in [1.54, 1.807) is 23.9 Å². The minimum Gasteiger partial charge on any atom is -0.497 e. The summed E-state index contributed by atoms with van der Waals surface area (Å²) in [6.45, 7) is 0. The third-order valence-electron chi connectivity index (χ3n) is 4.39. The highest BCUT2D eigenvalue weighted by Crippen LogP contribution is 2.38. The summed E-state index contributed by atoms with van der Waals surface area (Å²) >= 11 is 5.96. The van der Waals surface area contributed by atoms with Crippen molar-refractivity contribution in [1.82, 2.24) is 9.78 Å². The molecule has 2 heterocycles. The molecule has 5 nitrogen and oxygen atoms in total. The summed E-state index contributed by atoms with van der Waals surface area (Å²) in [5, 5.41) is 8.08. The van der Waals surface area contributed by atoms with Crippen LogP contribution in [0, 0.1) is 0 Å². The molecule has 6 heteroatoms. The predicted molar refractivity (Wildman–Crippen MR) is 96.7 cm³/mol. The summed E-state index contributed by atoms with van der Waals surface area (Å²) in [4.78, 5) is 12.3. The van der Waals surface area contributed by atoms with Crippen LogP contribution >= 0.6 is 11.6 Å². The number of carbonyl (C=O) groups excluding carboxylic acids is 1. The number of aromatic nitrogens is 2. The van der Waals surface area contributed by atoms with Crippen molar-refractivity contribution in [2.75, 3.05) is 12.4 Å². The maximum absolute atomic E-state index is 12.3. The van der Waals surface area contributed by atoms with Gasteiger partial charge < -0.3 is 10.1 Å². The summed E-state index contributed by atoms with van der Waals surface area (Å²) in [5.74, 6) is 1.39. The van der Waals surface area contributed by atoms with Gasteiger partial charge >= 0.3 is 0 Å². The van der Waals surface area contributed by atoms with Crippen molar-refractivity contribution >= 4 is 23.3 Å². The second-order valence-corrected chi connectivity index (χ2v) is 6.35. The van der Waals surface area contributed by atoms with Gasteiger partial charge in [0.15, 0.2) is 0 Å². The quantitative estimate of drug-likeness (QED) is 0.774. The molecule has 0 radical (unpaired) electrons. The Balaban J connectivity index is 1.79. The van der Waals surface area contributed by atoms with Gasteiger partial charge in [0, 0.05) is 22.9 Å². The van der Waals surface area contributed by atoms with E-state index >= 15 is 0 Å². The molecule has 0 fully saturated rings. The van der Waals surface area contributed by atoms with Gasteiger partial charge in [0.05, 0.1) is 19.0 Å². The number of fused-ring (bicyclic) bond motifs is 1. The summed E-state index contributed by atoms with van der Waals surface area (Å²) in [5.41, 5.74) is 2.87. The summed E-state index contributed by atoms with van der Waals surface area (Å²) in [7, 11) is 1.64. The van der Waals surface area contributed by atoms with Gasteiger partial charge in [0.2, 0.25) is 5.91 Å². The first-order valence-corrected chi connectivity index (χ1v) is 8.31. The zero-order chi connectivity index (χ0) is 17.4. The second-order valence-electron chi connectivity index (χ2n) is 5.92. The average molecular weight is 354 g/mol. The molecule has 1 unspecified atom stereocenters. The van der Waals surface area contributed by atoms with Crippen LogP contribution in [0.1, 0.15) is 23.5 Å². The van der Waals surface area contributed by atoms with Crippen LogP contribution in [0.25, 0.3) is 5.69 Å². The molecule has 0 bridgehead atoms. The normalized spacial score (nSPS) is 16.2. The molecule has 1 N–H and O–H groups in total. The van der Waals surface area contributed by atoms with Gasteiger partial charge in [-0.1, -0.05) is 23.7 Å². The van der Waals surface area contributed by atoms with Crippen LogP contribution in [0.15, 0.2) is 54.7 Å². The molecular weight excluding hydrogens is 338 g/mol.